The Labute approximate surface area is 182 Å². The number of nitrogens with two attached hydrogens (primary N) is 2. The fraction of sp³-hybridized carbons (Fsp3) is 0.286. The van der Waals surface area contributed by atoms with Gasteiger partial charge in [0.1, 0.15) is 17.5 Å². The number of benzene rings is 1. The first-order valence-corrected chi connectivity index (χ1v) is 10.3. The second kappa shape index (κ2) is 8.08. The maximum Gasteiger partial charge on any atom is 0.225 e. The number of aromatic nitrogens is 4. The van der Waals surface area contributed by atoms with E-state index in [0.29, 0.717) is 54.8 Å². The molecule has 0 bridgehead atoms. The molecule has 9 nitrogen and oxygen atoms in total. The summed E-state index contributed by atoms with van der Waals surface area (Å²) < 4.78 is 34.1. The molecule has 0 atom stereocenters. The lowest BCUT2D eigenvalue weighted by Gasteiger charge is -2.36. The summed E-state index contributed by atoms with van der Waals surface area (Å²) in [4.78, 5) is 13.0. The highest BCUT2D eigenvalue weighted by Crippen LogP contribution is 2.24. The molecule has 0 saturated carbocycles. The Hall–Kier alpha value is -3.73. The van der Waals surface area contributed by atoms with E-state index >= 15 is 0 Å². The Morgan fingerprint density at radius 2 is 1.84 bits per heavy atom. The molecule has 0 unspecified atom stereocenters. The molecule has 1 aromatic carbocycles. The first-order chi connectivity index (χ1) is 15.5. The third-order valence-corrected chi connectivity index (χ3v) is 5.68. The van der Waals surface area contributed by atoms with E-state index in [4.69, 9.17) is 15.9 Å². The first-order valence-electron chi connectivity index (χ1n) is 10.3. The summed E-state index contributed by atoms with van der Waals surface area (Å²) in [5, 5.41) is 4.40. The molecule has 4 aromatic rings. The summed E-state index contributed by atoms with van der Waals surface area (Å²) in [7, 11) is 0. The SMILES string of the molecule is Nc1nc(N)n2nc(-c3ccco3)nc2c1CCN1CCN(c2ccc(F)cc2F)CC1. The van der Waals surface area contributed by atoms with Crippen molar-refractivity contribution in [1.82, 2.24) is 24.5 Å². The Morgan fingerprint density at radius 3 is 2.56 bits per heavy atom. The molecule has 0 spiro atoms. The zero-order valence-corrected chi connectivity index (χ0v) is 17.2. The number of halogens is 2. The number of nitrogens with zero attached hydrogens (tertiary/aromatic N) is 6. The van der Waals surface area contributed by atoms with Gasteiger partial charge in [0, 0.05) is 44.4 Å². The van der Waals surface area contributed by atoms with Crippen LogP contribution in [0, 0.1) is 11.6 Å². The molecule has 0 amide bonds. The number of piperazine rings is 1. The van der Waals surface area contributed by atoms with Crippen LogP contribution in [0.2, 0.25) is 0 Å². The molecular formula is C21H22F2N8O. The van der Waals surface area contributed by atoms with E-state index < -0.39 is 11.6 Å². The Balaban J connectivity index is 1.29. The summed E-state index contributed by atoms with van der Waals surface area (Å²) in [5.74, 6) is 0.296. The van der Waals surface area contributed by atoms with Crippen LogP contribution in [0.1, 0.15) is 5.56 Å². The highest BCUT2D eigenvalue weighted by molar-refractivity contribution is 5.64. The highest BCUT2D eigenvalue weighted by atomic mass is 19.1. The van der Waals surface area contributed by atoms with Crippen LogP contribution in [0.5, 0.6) is 0 Å². The van der Waals surface area contributed by atoms with Crippen LogP contribution in [0.3, 0.4) is 0 Å². The smallest absolute Gasteiger partial charge is 0.225 e. The number of hydrogen-bond donors (Lipinski definition) is 2. The Bertz CT molecular complexity index is 1250. The van der Waals surface area contributed by atoms with E-state index in [1.807, 2.05) is 4.90 Å². The summed E-state index contributed by atoms with van der Waals surface area (Å²) in [6.45, 7) is 3.47. The van der Waals surface area contributed by atoms with Gasteiger partial charge in [-0.1, -0.05) is 0 Å². The van der Waals surface area contributed by atoms with Crippen molar-refractivity contribution >= 4 is 23.1 Å². The van der Waals surface area contributed by atoms with Crippen molar-refractivity contribution in [2.24, 2.45) is 0 Å². The van der Waals surface area contributed by atoms with Gasteiger partial charge in [0.2, 0.25) is 11.8 Å². The number of anilines is 3. The van der Waals surface area contributed by atoms with E-state index in [1.165, 1.54) is 16.6 Å². The Morgan fingerprint density at radius 1 is 1.03 bits per heavy atom. The van der Waals surface area contributed by atoms with E-state index in [1.54, 1.807) is 18.4 Å². The van der Waals surface area contributed by atoms with Crippen molar-refractivity contribution < 1.29 is 13.2 Å². The van der Waals surface area contributed by atoms with Crippen LogP contribution < -0.4 is 16.4 Å². The molecule has 4 N–H and O–H groups in total. The second-order valence-electron chi connectivity index (χ2n) is 7.66. The van der Waals surface area contributed by atoms with Crippen LogP contribution in [0.4, 0.5) is 26.2 Å². The van der Waals surface area contributed by atoms with Gasteiger partial charge in [-0.25, -0.2) is 13.8 Å². The first kappa shape index (κ1) is 20.2. The minimum atomic E-state index is -0.574. The molecule has 3 aromatic heterocycles. The predicted molar refractivity (Wildman–Crippen MR) is 116 cm³/mol. The van der Waals surface area contributed by atoms with Gasteiger partial charge < -0.3 is 20.8 Å². The normalized spacial score (nSPS) is 15.0. The molecule has 1 fully saturated rings. The fourth-order valence-electron chi connectivity index (χ4n) is 3.99. The zero-order valence-electron chi connectivity index (χ0n) is 17.2. The molecule has 4 heterocycles. The molecule has 0 radical (unpaired) electrons. The Kier molecular flexibility index (Phi) is 5.10. The molecule has 5 rings (SSSR count). The summed E-state index contributed by atoms with van der Waals surface area (Å²) in [6.07, 6.45) is 2.15. The van der Waals surface area contributed by atoms with E-state index in [2.05, 4.69) is 20.0 Å². The largest absolute Gasteiger partial charge is 0.461 e. The second-order valence-corrected chi connectivity index (χ2v) is 7.66. The monoisotopic (exact) mass is 440 g/mol. The van der Waals surface area contributed by atoms with Crippen molar-refractivity contribution in [3.63, 3.8) is 0 Å². The number of fused-ring (bicyclic) bond motifs is 1. The minimum absolute atomic E-state index is 0.154. The molecule has 32 heavy (non-hydrogen) atoms. The van der Waals surface area contributed by atoms with Crippen molar-refractivity contribution in [1.29, 1.82) is 0 Å². The quantitative estimate of drug-likeness (QED) is 0.485. The van der Waals surface area contributed by atoms with Gasteiger partial charge in [-0.05, 0) is 30.7 Å². The molecular weight excluding hydrogens is 418 g/mol. The van der Waals surface area contributed by atoms with Gasteiger partial charge in [0.05, 0.1) is 12.0 Å². The van der Waals surface area contributed by atoms with Gasteiger partial charge in [0.15, 0.2) is 11.4 Å². The van der Waals surface area contributed by atoms with Crippen molar-refractivity contribution in [2.75, 3.05) is 49.1 Å². The van der Waals surface area contributed by atoms with Gasteiger partial charge in [-0.3, -0.25) is 4.90 Å². The number of nitrogen functional groups attached to an aromatic ring is 2. The maximum atomic E-state index is 14.1. The average molecular weight is 440 g/mol. The van der Waals surface area contributed by atoms with E-state index in [-0.39, 0.29) is 5.95 Å². The van der Waals surface area contributed by atoms with Crippen LogP contribution in [-0.4, -0.2) is 57.2 Å². The topological polar surface area (TPSA) is 115 Å². The van der Waals surface area contributed by atoms with Crippen LogP contribution >= 0.6 is 0 Å². The minimum Gasteiger partial charge on any atom is -0.461 e. The predicted octanol–water partition coefficient (Wildman–Crippen LogP) is 2.19. The fourth-order valence-corrected chi connectivity index (χ4v) is 3.99. The number of hydrogen-bond acceptors (Lipinski definition) is 8. The summed E-state index contributed by atoms with van der Waals surface area (Å²) >= 11 is 0. The molecule has 1 saturated heterocycles. The van der Waals surface area contributed by atoms with Gasteiger partial charge in [-0.2, -0.15) is 9.50 Å². The van der Waals surface area contributed by atoms with Gasteiger partial charge in [-0.15, -0.1) is 5.10 Å². The number of furan rings is 1. The maximum absolute atomic E-state index is 14.1. The summed E-state index contributed by atoms with van der Waals surface area (Å²) in [6, 6.07) is 7.21. The molecule has 1 aliphatic rings. The van der Waals surface area contributed by atoms with Crippen molar-refractivity contribution in [2.45, 2.75) is 6.42 Å². The molecule has 11 heteroatoms. The lowest BCUT2D eigenvalue weighted by Crippen LogP contribution is -2.47. The average Bonchev–Trinajstić information content (AvgIpc) is 3.44. The molecule has 1 aliphatic heterocycles. The molecule has 166 valence electrons. The van der Waals surface area contributed by atoms with E-state index in [9.17, 15) is 8.78 Å². The highest BCUT2D eigenvalue weighted by Gasteiger charge is 2.22. The lowest BCUT2D eigenvalue weighted by molar-refractivity contribution is 0.260. The van der Waals surface area contributed by atoms with Gasteiger partial charge >= 0.3 is 0 Å². The standard InChI is InChI=1S/C21H22F2N8O/c22-13-3-4-16(15(23)12-13)30-9-7-29(8-10-30)6-5-14-18(24)26-21(25)31-20(14)27-19(28-31)17-2-1-11-32-17/h1-4,11-12H,5-10,24H2,(H2,25,26). The van der Waals surface area contributed by atoms with Crippen LogP contribution in [0.15, 0.2) is 41.0 Å². The van der Waals surface area contributed by atoms with Crippen LogP contribution in [0.25, 0.3) is 17.2 Å². The van der Waals surface area contributed by atoms with Crippen molar-refractivity contribution in [3.8, 4) is 11.6 Å². The zero-order chi connectivity index (χ0) is 22.2. The van der Waals surface area contributed by atoms with E-state index in [0.717, 1.165) is 24.7 Å². The summed E-state index contributed by atoms with van der Waals surface area (Å²) in [5.41, 5.74) is 13.9. The molecule has 0 aliphatic carbocycles. The lowest BCUT2D eigenvalue weighted by atomic mass is 10.1. The van der Waals surface area contributed by atoms with Crippen molar-refractivity contribution in [3.05, 3.63) is 53.8 Å². The third kappa shape index (κ3) is 3.71. The van der Waals surface area contributed by atoms with Crippen LogP contribution in [-0.2, 0) is 6.42 Å². The number of rotatable bonds is 5. The van der Waals surface area contributed by atoms with Gasteiger partial charge in [0.25, 0.3) is 0 Å². The third-order valence-electron chi connectivity index (χ3n) is 5.68.